The molecular weight excluding hydrogens is 508 g/mol. The molecule has 0 bridgehead atoms. The summed E-state index contributed by atoms with van der Waals surface area (Å²) in [5.74, 6) is -1.12. The first-order valence-electron chi connectivity index (χ1n) is 13.0. The van der Waals surface area contributed by atoms with E-state index in [4.69, 9.17) is 4.74 Å². The van der Waals surface area contributed by atoms with Crippen molar-refractivity contribution in [2.24, 2.45) is 0 Å². The Labute approximate surface area is 225 Å². The summed E-state index contributed by atoms with van der Waals surface area (Å²) in [5.41, 5.74) is 0.998. The summed E-state index contributed by atoms with van der Waals surface area (Å²) in [4.78, 5) is 33.9. The van der Waals surface area contributed by atoms with Gasteiger partial charge >= 0.3 is 0 Å². The molecule has 1 saturated heterocycles. The lowest BCUT2D eigenvalue weighted by Gasteiger charge is -2.37. The third-order valence-electron chi connectivity index (χ3n) is 7.24. The summed E-state index contributed by atoms with van der Waals surface area (Å²) in [6.45, 7) is 3.46. The van der Waals surface area contributed by atoms with E-state index >= 15 is 0 Å². The molecule has 2 aliphatic heterocycles. The number of nitrogens with zero attached hydrogens (tertiary/aromatic N) is 3. The van der Waals surface area contributed by atoms with Gasteiger partial charge in [-0.25, -0.2) is 8.78 Å². The highest BCUT2D eigenvalue weighted by molar-refractivity contribution is 7.10. The van der Waals surface area contributed by atoms with Crippen molar-refractivity contribution in [3.63, 3.8) is 0 Å². The number of likely N-dealkylation sites (tertiary alicyclic amines) is 1. The van der Waals surface area contributed by atoms with Crippen molar-refractivity contribution in [2.45, 2.75) is 25.3 Å². The van der Waals surface area contributed by atoms with Gasteiger partial charge in [0, 0.05) is 24.5 Å². The van der Waals surface area contributed by atoms with Gasteiger partial charge in [-0.3, -0.25) is 9.59 Å². The van der Waals surface area contributed by atoms with Gasteiger partial charge in [0.1, 0.15) is 30.5 Å². The van der Waals surface area contributed by atoms with Crippen LogP contribution in [0.1, 0.15) is 39.7 Å². The standard InChI is InChI=1S/C29H31F2N3O3S/c30-21-7-9-22(10-8-21)37-20-26-24-12-18-38-27(24)11-15-34(26)28(35)19-33(17-16-32-13-3-4-14-32)29(36)23-5-1-2-6-25(23)31/h1-2,5-10,12,18,26H,3-4,11,13-17,19-20H2/t26-/m1/s1. The van der Waals surface area contributed by atoms with Gasteiger partial charge in [0.25, 0.3) is 5.91 Å². The van der Waals surface area contributed by atoms with Crippen molar-refractivity contribution in [3.8, 4) is 5.75 Å². The first kappa shape index (κ1) is 26.3. The van der Waals surface area contributed by atoms with Crippen LogP contribution in [0.3, 0.4) is 0 Å². The fourth-order valence-corrected chi connectivity index (χ4v) is 6.09. The second-order valence-electron chi connectivity index (χ2n) is 9.67. The number of hydrogen-bond acceptors (Lipinski definition) is 5. The molecule has 5 rings (SSSR count). The number of halogens is 2. The Hall–Kier alpha value is -3.30. The largest absolute Gasteiger partial charge is 0.491 e. The van der Waals surface area contributed by atoms with E-state index in [1.165, 1.54) is 34.0 Å². The molecule has 2 amide bonds. The molecule has 3 heterocycles. The zero-order chi connectivity index (χ0) is 26.5. The van der Waals surface area contributed by atoms with Crippen LogP contribution in [0, 0.1) is 11.6 Å². The Morgan fingerprint density at radius 2 is 1.76 bits per heavy atom. The number of hydrogen-bond donors (Lipinski definition) is 0. The normalized spacial score (nSPS) is 17.3. The second kappa shape index (κ2) is 12.0. The van der Waals surface area contributed by atoms with Gasteiger partial charge in [0.15, 0.2) is 0 Å². The van der Waals surface area contributed by atoms with Crippen LogP contribution >= 0.6 is 11.3 Å². The monoisotopic (exact) mass is 539 g/mol. The van der Waals surface area contributed by atoms with E-state index in [0.717, 1.165) is 37.9 Å². The molecule has 0 unspecified atom stereocenters. The van der Waals surface area contributed by atoms with Crippen molar-refractivity contribution >= 4 is 23.2 Å². The third-order valence-corrected chi connectivity index (χ3v) is 8.24. The molecule has 1 fully saturated rings. The molecule has 0 N–H and O–H groups in total. The Morgan fingerprint density at radius 1 is 1.00 bits per heavy atom. The number of benzene rings is 2. The van der Waals surface area contributed by atoms with Crippen molar-refractivity contribution in [1.82, 2.24) is 14.7 Å². The number of fused-ring (bicyclic) bond motifs is 1. The van der Waals surface area contributed by atoms with Crippen molar-refractivity contribution < 1.29 is 23.1 Å². The molecule has 2 aromatic carbocycles. The molecule has 2 aliphatic rings. The van der Waals surface area contributed by atoms with E-state index in [0.29, 0.717) is 25.4 Å². The molecule has 6 nitrogen and oxygen atoms in total. The molecule has 1 atom stereocenters. The average molecular weight is 540 g/mol. The number of amides is 2. The number of rotatable bonds is 9. The van der Waals surface area contributed by atoms with Crippen LogP contribution in [0.2, 0.25) is 0 Å². The maximum absolute atomic E-state index is 14.5. The van der Waals surface area contributed by atoms with Gasteiger partial charge < -0.3 is 19.4 Å². The Kier molecular flexibility index (Phi) is 8.34. The maximum Gasteiger partial charge on any atom is 0.257 e. The van der Waals surface area contributed by atoms with Crippen LogP contribution in [0.5, 0.6) is 5.75 Å². The van der Waals surface area contributed by atoms with Crippen LogP contribution < -0.4 is 4.74 Å². The maximum atomic E-state index is 14.5. The van der Waals surface area contributed by atoms with Crippen LogP contribution in [0.15, 0.2) is 60.0 Å². The van der Waals surface area contributed by atoms with Crippen LogP contribution in [-0.4, -0.2) is 72.4 Å². The van der Waals surface area contributed by atoms with E-state index in [9.17, 15) is 18.4 Å². The van der Waals surface area contributed by atoms with Gasteiger partial charge in [-0.15, -0.1) is 11.3 Å². The zero-order valence-corrected chi connectivity index (χ0v) is 22.0. The highest BCUT2D eigenvalue weighted by Gasteiger charge is 2.34. The summed E-state index contributed by atoms with van der Waals surface area (Å²) in [6.07, 6.45) is 2.96. The predicted octanol–water partition coefficient (Wildman–Crippen LogP) is 4.77. The van der Waals surface area contributed by atoms with Gasteiger partial charge in [-0.2, -0.15) is 0 Å². The van der Waals surface area contributed by atoms with E-state index in [-0.39, 0.29) is 36.5 Å². The Bertz CT molecular complexity index is 1260. The van der Waals surface area contributed by atoms with Crippen LogP contribution in [-0.2, 0) is 11.2 Å². The van der Waals surface area contributed by atoms with Crippen molar-refractivity contribution in [2.75, 3.05) is 45.9 Å². The van der Waals surface area contributed by atoms with Gasteiger partial charge in [-0.05, 0) is 85.8 Å². The smallest absolute Gasteiger partial charge is 0.257 e. The molecule has 0 saturated carbocycles. The summed E-state index contributed by atoms with van der Waals surface area (Å²) in [7, 11) is 0. The van der Waals surface area contributed by atoms with Gasteiger partial charge in [0.2, 0.25) is 5.91 Å². The minimum absolute atomic E-state index is 0.0309. The molecule has 9 heteroatoms. The number of carbonyl (C=O) groups excluding carboxylic acids is 2. The summed E-state index contributed by atoms with van der Waals surface area (Å²) < 4.78 is 33.8. The lowest BCUT2D eigenvalue weighted by molar-refractivity contribution is -0.135. The highest BCUT2D eigenvalue weighted by Crippen LogP contribution is 2.34. The van der Waals surface area contributed by atoms with Crippen LogP contribution in [0.25, 0.3) is 0 Å². The van der Waals surface area contributed by atoms with Crippen molar-refractivity contribution in [1.29, 1.82) is 0 Å². The number of carbonyl (C=O) groups is 2. The van der Waals surface area contributed by atoms with Crippen LogP contribution in [0.4, 0.5) is 8.78 Å². The summed E-state index contributed by atoms with van der Waals surface area (Å²) in [6, 6.07) is 13.4. The van der Waals surface area contributed by atoms with Crippen molar-refractivity contribution in [3.05, 3.63) is 87.6 Å². The molecule has 0 radical (unpaired) electrons. The quantitative estimate of drug-likeness (QED) is 0.393. The Morgan fingerprint density at radius 3 is 2.53 bits per heavy atom. The first-order chi connectivity index (χ1) is 18.5. The topological polar surface area (TPSA) is 53.1 Å². The SMILES string of the molecule is O=C(c1ccccc1F)N(CCN1CCCC1)CC(=O)N1CCc2sccc2[C@H]1COc1ccc(F)cc1. The number of ether oxygens (including phenoxy) is 1. The Balaban J connectivity index is 1.34. The minimum atomic E-state index is -0.595. The average Bonchev–Trinajstić information content (AvgIpc) is 3.63. The fourth-order valence-electron chi connectivity index (χ4n) is 5.16. The van der Waals surface area contributed by atoms with E-state index in [1.54, 1.807) is 40.5 Å². The first-order valence-corrected chi connectivity index (χ1v) is 13.9. The van der Waals surface area contributed by atoms with Gasteiger partial charge in [-0.1, -0.05) is 12.1 Å². The lowest BCUT2D eigenvalue weighted by Crippen LogP contribution is -2.49. The van der Waals surface area contributed by atoms with E-state index in [2.05, 4.69) is 4.90 Å². The summed E-state index contributed by atoms with van der Waals surface area (Å²) in [5, 5.41) is 2.01. The fraction of sp³-hybridized carbons (Fsp3) is 0.379. The lowest BCUT2D eigenvalue weighted by atomic mass is 10.0. The molecule has 1 aromatic heterocycles. The molecule has 0 spiro atoms. The highest BCUT2D eigenvalue weighted by atomic mass is 32.1. The molecule has 200 valence electrons. The van der Waals surface area contributed by atoms with E-state index < -0.39 is 11.7 Å². The summed E-state index contributed by atoms with van der Waals surface area (Å²) >= 11 is 1.65. The molecule has 38 heavy (non-hydrogen) atoms. The number of thiophene rings is 1. The predicted molar refractivity (Wildman–Crippen MR) is 142 cm³/mol. The second-order valence-corrected chi connectivity index (χ2v) is 10.7. The molecule has 0 aliphatic carbocycles. The minimum Gasteiger partial charge on any atom is -0.491 e. The molecular formula is C29H31F2N3O3S. The molecule has 3 aromatic rings. The zero-order valence-electron chi connectivity index (χ0n) is 21.2. The van der Waals surface area contributed by atoms with Gasteiger partial charge in [0.05, 0.1) is 11.6 Å². The third kappa shape index (κ3) is 6.05. The van der Waals surface area contributed by atoms with E-state index in [1.807, 2.05) is 11.4 Å².